The summed E-state index contributed by atoms with van der Waals surface area (Å²) < 4.78 is 0. The van der Waals surface area contributed by atoms with Crippen molar-refractivity contribution in [3.63, 3.8) is 0 Å². The van der Waals surface area contributed by atoms with Gasteiger partial charge in [-0.2, -0.15) is 0 Å². The molecule has 1 saturated heterocycles. The lowest BCUT2D eigenvalue weighted by molar-refractivity contribution is 0.183. The zero-order chi connectivity index (χ0) is 13.6. The second kappa shape index (κ2) is 7.04. The maximum absolute atomic E-state index is 5.76. The Morgan fingerprint density at radius 2 is 2.05 bits per heavy atom. The van der Waals surface area contributed by atoms with E-state index in [-0.39, 0.29) is 0 Å². The molecule has 19 heavy (non-hydrogen) atoms. The summed E-state index contributed by atoms with van der Waals surface area (Å²) in [6.07, 6.45) is 2.39. The van der Waals surface area contributed by atoms with Crippen molar-refractivity contribution in [1.29, 1.82) is 0 Å². The summed E-state index contributed by atoms with van der Waals surface area (Å²) in [6.45, 7) is 8.70. The predicted molar refractivity (Wildman–Crippen MR) is 81.2 cm³/mol. The first-order valence-corrected chi connectivity index (χ1v) is 7.39. The third kappa shape index (κ3) is 4.60. The highest BCUT2D eigenvalue weighted by Crippen LogP contribution is 2.25. The number of nitrogens with one attached hydrogen (secondary N) is 1. The summed E-state index contributed by atoms with van der Waals surface area (Å²) in [7, 11) is 0. The maximum Gasteiger partial charge on any atom is 0.0105 e. The molecular weight excluding hydrogens is 234 g/mol. The van der Waals surface area contributed by atoms with Crippen molar-refractivity contribution in [2.24, 2.45) is 11.1 Å². The molecule has 1 aromatic carbocycles. The topological polar surface area (TPSA) is 41.3 Å². The second-order valence-corrected chi connectivity index (χ2v) is 6.04. The van der Waals surface area contributed by atoms with Crippen LogP contribution in [0.25, 0.3) is 0 Å². The molecule has 1 aliphatic heterocycles. The van der Waals surface area contributed by atoms with E-state index >= 15 is 0 Å². The number of hydrogen-bond acceptors (Lipinski definition) is 3. The summed E-state index contributed by atoms with van der Waals surface area (Å²) in [6, 6.07) is 10.7. The van der Waals surface area contributed by atoms with Crippen LogP contribution in [0.3, 0.4) is 0 Å². The summed E-state index contributed by atoms with van der Waals surface area (Å²) in [5, 5.41) is 3.48. The minimum absolute atomic E-state index is 0.422. The molecule has 3 N–H and O–H groups in total. The smallest absolute Gasteiger partial charge is 0.0105 e. The summed E-state index contributed by atoms with van der Waals surface area (Å²) in [5.74, 6) is 0. The van der Waals surface area contributed by atoms with Crippen LogP contribution in [0.4, 0.5) is 0 Å². The Hall–Kier alpha value is -0.900. The molecule has 0 saturated carbocycles. The average Bonchev–Trinajstić information content (AvgIpc) is 2.84. The van der Waals surface area contributed by atoms with Crippen molar-refractivity contribution in [2.45, 2.75) is 19.8 Å². The van der Waals surface area contributed by atoms with Crippen LogP contribution in [0.15, 0.2) is 30.3 Å². The predicted octanol–water partition coefficient (Wildman–Crippen LogP) is 1.49. The van der Waals surface area contributed by atoms with Gasteiger partial charge in [-0.3, -0.25) is 0 Å². The van der Waals surface area contributed by atoms with Gasteiger partial charge in [-0.15, -0.1) is 0 Å². The molecule has 1 heterocycles. The van der Waals surface area contributed by atoms with E-state index in [4.69, 9.17) is 5.73 Å². The van der Waals surface area contributed by atoms with E-state index in [0.717, 1.165) is 45.7 Å². The molecule has 1 unspecified atom stereocenters. The van der Waals surface area contributed by atoms with Crippen molar-refractivity contribution in [3.8, 4) is 0 Å². The zero-order valence-electron chi connectivity index (χ0n) is 12.1. The van der Waals surface area contributed by atoms with Gasteiger partial charge in [0.25, 0.3) is 0 Å². The average molecular weight is 261 g/mol. The summed E-state index contributed by atoms with van der Waals surface area (Å²) >= 11 is 0. The molecular formula is C16H27N3. The Bertz CT molecular complexity index is 358. The van der Waals surface area contributed by atoms with E-state index < -0.39 is 0 Å². The quantitative estimate of drug-likeness (QED) is 0.781. The van der Waals surface area contributed by atoms with E-state index in [9.17, 15) is 0 Å². The van der Waals surface area contributed by atoms with Crippen molar-refractivity contribution in [2.75, 3.05) is 39.3 Å². The molecule has 0 spiro atoms. The van der Waals surface area contributed by atoms with Crippen LogP contribution in [0.1, 0.15) is 18.9 Å². The van der Waals surface area contributed by atoms with Crippen LogP contribution < -0.4 is 11.1 Å². The first kappa shape index (κ1) is 14.5. The van der Waals surface area contributed by atoms with Crippen molar-refractivity contribution >= 4 is 0 Å². The van der Waals surface area contributed by atoms with E-state index in [1.807, 2.05) is 0 Å². The second-order valence-electron chi connectivity index (χ2n) is 6.04. The molecule has 2 rings (SSSR count). The lowest BCUT2D eigenvalue weighted by Crippen LogP contribution is -2.40. The van der Waals surface area contributed by atoms with Crippen molar-refractivity contribution in [3.05, 3.63) is 35.9 Å². The number of nitrogens with zero attached hydrogens (tertiary/aromatic N) is 1. The van der Waals surface area contributed by atoms with Gasteiger partial charge in [0.2, 0.25) is 0 Å². The van der Waals surface area contributed by atoms with Crippen LogP contribution in [-0.4, -0.2) is 44.2 Å². The molecule has 0 bridgehead atoms. The molecule has 0 radical (unpaired) electrons. The third-order valence-corrected chi connectivity index (χ3v) is 4.07. The summed E-state index contributed by atoms with van der Waals surface area (Å²) in [4.78, 5) is 2.53. The van der Waals surface area contributed by atoms with Gasteiger partial charge in [-0.25, -0.2) is 0 Å². The molecule has 1 fully saturated rings. The molecule has 106 valence electrons. The Morgan fingerprint density at radius 1 is 1.26 bits per heavy atom. The van der Waals surface area contributed by atoms with E-state index in [1.54, 1.807) is 0 Å². The Balaban J connectivity index is 1.85. The molecule has 0 aliphatic carbocycles. The highest BCUT2D eigenvalue weighted by atomic mass is 15.1. The van der Waals surface area contributed by atoms with Gasteiger partial charge >= 0.3 is 0 Å². The van der Waals surface area contributed by atoms with E-state index in [2.05, 4.69) is 47.5 Å². The largest absolute Gasteiger partial charge is 0.329 e. The SMILES string of the molecule is CC1(CN(CCN)CCc2ccccc2)CCNC1. The number of hydrogen-bond donors (Lipinski definition) is 2. The highest BCUT2D eigenvalue weighted by molar-refractivity contribution is 5.14. The zero-order valence-corrected chi connectivity index (χ0v) is 12.1. The van der Waals surface area contributed by atoms with Gasteiger partial charge in [0.15, 0.2) is 0 Å². The van der Waals surface area contributed by atoms with Crippen molar-refractivity contribution < 1.29 is 0 Å². The van der Waals surface area contributed by atoms with Crippen LogP contribution in [-0.2, 0) is 6.42 Å². The van der Waals surface area contributed by atoms with Gasteiger partial charge in [0.05, 0.1) is 0 Å². The minimum Gasteiger partial charge on any atom is -0.329 e. The van der Waals surface area contributed by atoms with Crippen molar-refractivity contribution in [1.82, 2.24) is 10.2 Å². The highest BCUT2D eigenvalue weighted by Gasteiger charge is 2.30. The molecule has 0 amide bonds. The molecule has 1 aromatic rings. The fourth-order valence-corrected chi connectivity index (χ4v) is 2.93. The molecule has 1 aliphatic rings. The van der Waals surface area contributed by atoms with Gasteiger partial charge in [0.1, 0.15) is 0 Å². The lowest BCUT2D eigenvalue weighted by atomic mass is 9.89. The monoisotopic (exact) mass is 261 g/mol. The van der Waals surface area contributed by atoms with Gasteiger partial charge < -0.3 is 16.0 Å². The van der Waals surface area contributed by atoms with Crippen LogP contribution in [0.2, 0.25) is 0 Å². The summed E-state index contributed by atoms with van der Waals surface area (Å²) in [5.41, 5.74) is 7.60. The molecule has 0 aromatic heterocycles. The van der Waals surface area contributed by atoms with E-state index in [0.29, 0.717) is 5.41 Å². The number of rotatable bonds is 7. The van der Waals surface area contributed by atoms with Crippen LogP contribution >= 0.6 is 0 Å². The van der Waals surface area contributed by atoms with Gasteiger partial charge in [0, 0.05) is 32.7 Å². The normalized spacial score (nSPS) is 23.1. The lowest BCUT2D eigenvalue weighted by Gasteiger charge is -2.31. The van der Waals surface area contributed by atoms with Crippen LogP contribution in [0.5, 0.6) is 0 Å². The minimum atomic E-state index is 0.422. The third-order valence-electron chi connectivity index (χ3n) is 4.07. The first-order chi connectivity index (χ1) is 9.22. The molecule has 3 heteroatoms. The maximum atomic E-state index is 5.76. The standard InChI is InChI=1S/C16H27N3/c1-16(8-10-18-13-16)14-19(12-9-17)11-7-15-5-3-2-4-6-15/h2-6,18H,7-14,17H2,1H3. The fraction of sp³-hybridized carbons (Fsp3) is 0.625. The fourth-order valence-electron chi connectivity index (χ4n) is 2.93. The van der Waals surface area contributed by atoms with Gasteiger partial charge in [-0.1, -0.05) is 37.3 Å². The van der Waals surface area contributed by atoms with E-state index in [1.165, 1.54) is 12.0 Å². The number of nitrogens with two attached hydrogens (primary N) is 1. The Kier molecular flexibility index (Phi) is 5.37. The van der Waals surface area contributed by atoms with Crippen LogP contribution in [0, 0.1) is 5.41 Å². The molecule has 1 atom stereocenters. The number of benzene rings is 1. The first-order valence-electron chi connectivity index (χ1n) is 7.39. The molecule has 3 nitrogen and oxygen atoms in total. The Morgan fingerprint density at radius 3 is 2.68 bits per heavy atom. The Labute approximate surface area is 117 Å². The van der Waals surface area contributed by atoms with Gasteiger partial charge in [-0.05, 0) is 30.4 Å².